The first-order chi connectivity index (χ1) is 8.04. The van der Waals surface area contributed by atoms with Gasteiger partial charge in [0, 0.05) is 26.2 Å². The number of carbonyl (C=O) groups excluding carboxylic acids is 1. The first kappa shape index (κ1) is 13.7. The fourth-order valence-electron chi connectivity index (χ4n) is 1.43. The molecule has 0 aliphatic rings. The molecule has 0 amide bonds. The Morgan fingerprint density at radius 1 is 1.47 bits per heavy atom. The van der Waals surface area contributed by atoms with E-state index in [1.54, 1.807) is 0 Å². The summed E-state index contributed by atoms with van der Waals surface area (Å²) in [4.78, 5) is 11.7. The minimum Gasteiger partial charge on any atom is -0.385 e. The summed E-state index contributed by atoms with van der Waals surface area (Å²) in [5, 5.41) is 0. The molecule has 0 heterocycles. The van der Waals surface area contributed by atoms with Gasteiger partial charge >= 0.3 is 0 Å². The van der Waals surface area contributed by atoms with E-state index in [4.69, 9.17) is 10.5 Å². The standard InChI is InChI=1S/C12H15F2NO2/c1-17-5-4-9(15)7-12(16)10-6-8(13)2-3-11(10)14/h2-3,6,9H,4-5,7,15H2,1H3. The fraction of sp³-hybridized carbons (Fsp3) is 0.417. The van der Waals surface area contributed by atoms with Gasteiger partial charge in [-0.25, -0.2) is 8.78 Å². The van der Waals surface area contributed by atoms with Crippen LogP contribution < -0.4 is 5.73 Å². The average molecular weight is 243 g/mol. The zero-order valence-electron chi connectivity index (χ0n) is 9.58. The van der Waals surface area contributed by atoms with Crippen LogP contribution in [0.3, 0.4) is 0 Å². The van der Waals surface area contributed by atoms with E-state index in [0.29, 0.717) is 13.0 Å². The first-order valence-corrected chi connectivity index (χ1v) is 5.27. The minimum atomic E-state index is -0.727. The molecule has 0 fully saturated rings. The number of nitrogens with two attached hydrogens (primary N) is 1. The van der Waals surface area contributed by atoms with Crippen molar-refractivity contribution in [3.63, 3.8) is 0 Å². The van der Waals surface area contributed by atoms with Crippen molar-refractivity contribution < 1.29 is 18.3 Å². The minimum absolute atomic E-state index is 0.0241. The van der Waals surface area contributed by atoms with Crippen molar-refractivity contribution in [1.29, 1.82) is 0 Å². The van der Waals surface area contributed by atoms with Crippen molar-refractivity contribution in [2.24, 2.45) is 5.73 Å². The van der Waals surface area contributed by atoms with E-state index in [1.807, 2.05) is 0 Å². The highest BCUT2D eigenvalue weighted by atomic mass is 19.1. The Bertz CT molecular complexity index is 396. The molecule has 0 aromatic heterocycles. The Hall–Kier alpha value is -1.33. The number of halogens is 2. The second-order valence-corrected chi connectivity index (χ2v) is 3.79. The lowest BCUT2D eigenvalue weighted by molar-refractivity contribution is 0.0962. The molecule has 0 aliphatic carbocycles. The maximum absolute atomic E-state index is 13.3. The first-order valence-electron chi connectivity index (χ1n) is 5.27. The summed E-state index contributed by atoms with van der Waals surface area (Å²) in [6, 6.07) is 2.38. The predicted molar refractivity (Wildman–Crippen MR) is 59.8 cm³/mol. The summed E-state index contributed by atoms with van der Waals surface area (Å²) in [6.45, 7) is 0.431. The van der Waals surface area contributed by atoms with Gasteiger partial charge < -0.3 is 10.5 Å². The maximum Gasteiger partial charge on any atom is 0.167 e. The number of ketones is 1. The van der Waals surface area contributed by atoms with E-state index in [-0.39, 0.29) is 12.0 Å². The van der Waals surface area contributed by atoms with E-state index >= 15 is 0 Å². The molecule has 0 spiro atoms. The highest BCUT2D eigenvalue weighted by Gasteiger charge is 2.16. The van der Waals surface area contributed by atoms with Crippen LogP contribution in [0, 0.1) is 11.6 Å². The Labute approximate surface area is 98.6 Å². The highest BCUT2D eigenvalue weighted by Crippen LogP contribution is 2.13. The van der Waals surface area contributed by atoms with Crippen LogP contribution in [0.15, 0.2) is 18.2 Å². The van der Waals surface area contributed by atoms with Crippen LogP contribution in [0.2, 0.25) is 0 Å². The van der Waals surface area contributed by atoms with Crippen LogP contribution in [0.1, 0.15) is 23.2 Å². The number of benzene rings is 1. The van der Waals surface area contributed by atoms with Gasteiger partial charge in [0.25, 0.3) is 0 Å². The molecule has 0 saturated carbocycles. The van der Waals surface area contributed by atoms with Crippen LogP contribution in [-0.4, -0.2) is 25.5 Å². The van der Waals surface area contributed by atoms with Crippen molar-refractivity contribution in [3.8, 4) is 0 Å². The molecule has 0 saturated heterocycles. The molecule has 2 N–H and O–H groups in total. The number of ether oxygens (including phenoxy) is 1. The van der Waals surface area contributed by atoms with E-state index in [9.17, 15) is 13.6 Å². The third-order valence-corrected chi connectivity index (χ3v) is 2.37. The summed E-state index contributed by atoms with van der Waals surface area (Å²) in [5.74, 6) is -1.86. The number of hydrogen-bond donors (Lipinski definition) is 1. The largest absolute Gasteiger partial charge is 0.385 e. The van der Waals surface area contributed by atoms with Crippen LogP contribution >= 0.6 is 0 Å². The van der Waals surface area contributed by atoms with Crippen molar-refractivity contribution in [1.82, 2.24) is 0 Å². The molecule has 0 radical (unpaired) electrons. The maximum atomic E-state index is 13.3. The summed E-state index contributed by atoms with van der Waals surface area (Å²) >= 11 is 0. The summed E-state index contributed by atoms with van der Waals surface area (Å²) < 4.78 is 31.0. The van der Waals surface area contributed by atoms with Gasteiger partial charge in [-0.15, -0.1) is 0 Å². The van der Waals surface area contributed by atoms with Gasteiger partial charge in [-0.2, -0.15) is 0 Å². The Kier molecular flexibility index (Phi) is 5.18. The van der Waals surface area contributed by atoms with Gasteiger partial charge in [-0.1, -0.05) is 0 Å². The van der Waals surface area contributed by atoms with Crippen LogP contribution in [-0.2, 0) is 4.74 Å². The molecule has 94 valence electrons. The average Bonchev–Trinajstić information content (AvgIpc) is 2.29. The number of carbonyl (C=O) groups is 1. The Morgan fingerprint density at radius 3 is 2.82 bits per heavy atom. The zero-order valence-corrected chi connectivity index (χ0v) is 9.58. The van der Waals surface area contributed by atoms with E-state index in [1.165, 1.54) is 7.11 Å². The van der Waals surface area contributed by atoms with Crippen molar-refractivity contribution in [2.75, 3.05) is 13.7 Å². The Morgan fingerprint density at radius 2 is 2.18 bits per heavy atom. The number of hydrogen-bond acceptors (Lipinski definition) is 3. The van der Waals surface area contributed by atoms with Gasteiger partial charge in [0.15, 0.2) is 5.78 Å². The van der Waals surface area contributed by atoms with E-state index in [2.05, 4.69) is 0 Å². The second-order valence-electron chi connectivity index (χ2n) is 3.79. The quantitative estimate of drug-likeness (QED) is 0.776. The van der Waals surface area contributed by atoms with E-state index in [0.717, 1.165) is 18.2 Å². The third-order valence-electron chi connectivity index (χ3n) is 2.37. The Balaban J connectivity index is 2.66. The second kappa shape index (κ2) is 6.42. The molecule has 1 atom stereocenters. The smallest absolute Gasteiger partial charge is 0.167 e. The molecule has 17 heavy (non-hydrogen) atoms. The molecule has 0 bridgehead atoms. The highest BCUT2D eigenvalue weighted by molar-refractivity contribution is 5.96. The molecule has 1 aromatic rings. The summed E-state index contributed by atoms with van der Waals surface area (Å²) in [5.41, 5.74) is 5.42. The lowest BCUT2D eigenvalue weighted by atomic mass is 10.0. The topological polar surface area (TPSA) is 52.3 Å². The van der Waals surface area contributed by atoms with Gasteiger partial charge in [0.2, 0.25) is 0 Å². The molecule has 5 heteroatoms. The van der Waals surface area contributed by atoms with E-state index < -0.39 is 23.5 Å². The lowest BCUT2D eigenvalue weighted by Crippen LogP contribution is -2.25. The van der Waals surface area contributed by atoms with Crippen molar-refractivity contribution in [3.05, 3.63) is 35.4 Å². The number of rotatable bonds is 6. The fourth-order valence-corrected chi connectivity index (χ4v) is 1.43. The SMILES string of the molecule is COCCC(N)CC(=O)c1cc(F)ccc1F. The molecular formula is C12H15F2NO2. The van der Waals surface area contributed by atoms with Crippen LogP contribution in [0.4, 0.5) is 8.78 Å². The molecular weight excluding hydrogens is 228 g/mol. The van der Waals surface area contributed by atoms with Gasteiger partial charge in [0.1, 0.15) is 11.6 Å². The molecule has 1 rings (SSSR count). The number of methoxy groups -OCH3 is 1. The molecule has 0 aliphatic heterocycles. The third kappa shape index (κ3) is 4.20. The lowest BCUT2D eigenvalue weighted by Gasteiger charge is -2.10. The molecule has 3 nitrogen and oxygen atoms in total. The molecule has 1 unspecified atom stereocenters. The van der Waals surface area contributed by atoms with Gasteiger partial charge in [-0.3, -0.25) is 4.79 Å². The molecule has 1 aromatic carbocycles. The van der Waals surface area contributed by atoms with Crippen LogP contribution in [0.25, 0.3) is 0 Å². The monoisotopic (exact) mass is 243 g/mol. The van der Waals surface area contributed by atoms with Crippen molar-refractivity contribution >= 4 is 5.78 Å². The van der Waals surface area contributed by atoms with Gasteiger partial charge in [-0.05, 0) is 24.6 Å². The zero-order chi connectivity index (χ0) is 12.8. The van der Waals surface area contributed by atoms with Crippen molar-refractivity contribution in [2.45, 2.75) is 18.9 Å². The van der Waals surface area contributed by atoms with Gasteiger partial charge in [0.05, 0.1) is 5.56 Å². The summed E-state index contributed by atoms with van der Waals surface area (Å²) in [6.07, 6.45) is 0.475. The van der Waals surface area contributed by atoms with Crippen LogP contribution in [0.5, 0.6) is 0 Å². The predicted octanol–water partition coefficient (Wildman–Crippen LogP) is 1.90. The number of Topliss-reactive ketones (excluding diaryl/α,β-unsaturated/α-hetero) is 1. The normalized spacial score (nSPS) is 12.5. The summed E-state index contributed by atoms with van der Waals surface area (Å²) in [7, 11) is 1.53.